The smallest absolute Gasteiger partial charge is 0.164 e. The van der Waals surface area contributed by atoms with E-state index in [4.69, 9.17) is 0 Å². The predicted molar refractivity (Wildman–Crippen MR) is 40.1 cm³/mol. The summed E-state index contributed by atoms with van der Waals surface area (Å²) in [4.78, 5) is 1.94. The molecule has 0 saturated carbocycles. The number of nitrogens with zero attached hydrogens (tertiary/aromatic N) is 1. The highest BCUT2D eigenvalue weighted by Crippen LogP contribution is 2.11. The van der Waals surface area contributed by atoms with Crippen LogP contribution < -0.4 is 0 Å². The van der Waals surface area contributed by atoms with Crippen LogP contribution in [0.2, 0.25) is 0 Å². The normalized spacial score (nSPS) is 24.1. The monoisotopic (exact) mass is 140 g/mol. The second-order valence-corrected chi connectivity index (χ2v) is 2.72. The van der Waals surface area contributed by atoms with Gasteiger partial charge in [-0.1, -0.05) is 13.0 Å². The van der Waals surface area contributed by atoms with Crippen molar-refractivity contribution in [1.29, 1.82) is 0 Å². The average molecular weight is 140 g/mol. The molecule has 1 rings (SSSR count). The van der Waals surface area contributed by atoms with E-state index in [1.807, 2.05) is 4.90 Å². The Balaban J connectivity index is 2.30. The molecule has 1 heterocycles. The summed E-state index contributed by atoms with van der Waals surface area (Å²) in [5.74, 6) is 0. The molecule has 0 aliphatic carbocycles. The molecular formula is C8H14NO. The van der Waals surface area contributed by atoms with Crippen LogP contribution in [0, 0.1) is 0 Å². The molecule has 2 nitrogen and oxygen atoms in total. The Kier molecular flexibility index (Phi) is 2.90. The molecule has 1 fully saturated rings. The van der Waals surface area contributed by atoms with Gasteiger partial charge in [0.1, 0.15) is 0 Å². The van der Waals surface area contributed by atoms with Gasteiger partial charge in [-0.05, 0) is 18.9 Å². The van der Waals surface area contributed by atoms with E-state index in [0.29, 0.717) is 0 Å². The molecule has 0 aromatic carbocycles. The Morgan fingerprint density at radius 1 is 1.30 bits per heavy atom. The van der Waals surface area contributed by atoms with E-state index in [1.165, 1.54) is 25.3 Å². The van der Waals surface area contributed by atoms with Crippen LogP contribution >= 0.6 is 0 Å². The molecule has 57 valence electrons. The molecule has 0 aromatic heterocycles. The molecule has 10 heavy (non-hydrogen) atoms. The first-order chi connectivity index (χ1) is 4.84. The maximum atomic E-state index is 11.1. The molecule has 0 N–H and O–H groups in total. The summed E-state index contributed by atoms with van der Waals surface area (Å²) in [5.41, 5.74) is 0. The van der Waals surface area contributed by atoms with E-state index in [2.05, 4.69) is 6.58 Å². The number of hydrogen-bond donors (Lipinski definition) is 0. The van der Waals surface area contributed by atoms with Crippen molar-refractivity contribution in [1.82, 2.24) is 4.90 Å². The average Bonchev–Trinajstić information content (AvgIpc) is 2.05. The van der Waals surface area contributed by atoms with Crippen molar-refractivity contribution in [2.24, 2.45) is 0 Å². The summed E-state index contributed by atoms with van der Waals surface area (Å²) in [6, 6.07) is 0. The minimum atomic E-state index is -0.666. The minimum Gasteiger partial charge on any atom is -0.272 e. The van der Waals surface area contributed by atoms with E-state index in [1.54, 1.807) is 0 Å². The zero-order valence-corrected chi connectivity index (χ0v) is 6.25. The van der Waals surface area contributed by atoms with Crippen LogP contribution in [0.3, 0.4) is 0 Å². The number of rotatable bonds is 2. The summed E-state index contributed by atoms with van der Waals surface area (Å²) < 4.78 is 0. The van der Waals surface area contributed by atoms with Crippen LogP contribution in [0.25, 0.3) is 0 Å². The Bertz CT molecular complexity index is 108. The van der Waals surface area contributed by atoms with E-state index < -0.39 is 6.23 Å². The van der Waals surface area contributed by atoms with Gasteiger partial charge in [-0.3, -0.25) is 4.90 Å². The Labute approximate surface area is 62.2 Å². The third kappa shape index (κ3) is 1.82. The molecular weight excluding hydrogens is 126 g/mol. The lowest BCUT2D eigenvalue weighted by atomic mass is 10.1. The van der Waals surface area contributed by atoms with E-state index in [-0.39, 0.29) is 0 Å². The number of hydrogen-bond acceptors (Lipinski definition) is 1. The largest absolute Gasteiger partial charge is 0.272 e. The molecule has 1 saturated heterocycles. The lowest BCUT2D eigenvalue weighted by Crippen LogP contribution is -2.36. The second-order valence-electron chi connectivity index (χ2n) is 2.72. The zero-order valence-electron chi connectivity index (χ0n) is 6.25. The topological polar surface area (TPSA) is 23.1 Å². The summed E-state index contributed by atoms with van der Waals surface area (Å²) in [5, 5.41) is 11.1. The van der Waals surface area contributed by atoms with Crippen LogP contribution in [0.5, 0.6) is 0 Å². The highest BCUT2D eigenvalue weighted by Gasteiger charge is 2.15. The molecule has 1 radical (unpaired) electrons. The van der Waals surface area contributed by atoms with Crippen molar-refractivity contribution in [2.45, 2.75) is 25.5 Å². The summed E-state index contributed by atoms with van der Waals surface area (Å²) >= 11 is 0. The van der Waals surface area contributed by atoms with Gasteiger partial charge in [-0.25, -0.2) is 5.11 Å². The fourth-order valence-electron chi connectivity index (χ4n) is 1.32. The van der Waals surface area contributed by atoms with Crippen LogP contribution in [0.1, 0.15) is 19.3 Å². The van der Waals surface area contributed by atoms with Gasteiger partial charge in [0, 0.05) is 13.1 Å². The van der Waals surface area contributed by atoms with E-state index >= 15 is 0 Å². The van der Waals surface area contributed by atoms with Gasteiger partial charge in [-0.15, -0.1) is 0 Å². The van der Waals surface area contributed by atoms with Crippen molar-refractivity contribution in [2.75, 3.05) is 13.1 Å². The second kappa shape index (κ2) is 3.74. The molecule has 0 aromatic rings. The lowest BCUT2D eigenvalue weighted by molar-refractivity contribution is -0.0220. The van der Waals surface area contributed by atoms with Crippen molar-refractivity contribution < 1.29 is 5.11 Å². The van der Waals surface area contributed by atoms with Gasteiger partial charge < -0.3 is 0 Å². The third-order valence-corrected chi connectivity index (χ3v) is 1.95. The zero-order chi connectivity index (χ0) is 7.40. The van der Waals surface area contributed by atoms with Crippen LogP contribution in [-0.2, 0) is 5.11 Å². The van der Waals surface area contributed by atoms with Crippen LogP contribution in [0.15, 0.2) is 12.7 Å². The van der Waals surface area contributed by atoms with Gasteiger partial charge >= 0.3 is 0 Å². The minimum absolute atomic E-state index is 0.666. The maximum Gasteiger partial charge on any atom is 0.164 e. The Morgan fingerprint density at radius 2 is 1.90 bits per heavy atom. The standard InChI is InChI=1S/C8H14NO/c1-2-8(10)9-6-4-3-5-7-9/h2,8H,1,3-7H2. The van der Waals surface area contributed by atoms with Gasteiger partial charge in [0.2, 0.25) is 0 Å². The first kappa shape index (κ1) is 7.76. The highest BCUT2D eigenvalue weighted by atomic mass is 16.3. The van der Waals surface area contributed by atoms with Crippen molar-refractivity contribution in [3.8, 4) is 0 Å². The molecule has 0 amide bonds. The Hall–Kier alpha value is -0.340. The number of piperidine rings is 1. The van der Waals surface area contributed by atoms with E-state index in [0.717, 1.165) is 13.1 Å². The molecule has 1 unspecified atom stereocenters. The van der Waals surface area contributed by atoms with E-state index in [9.17, 15) is 5.11 Å². The fraction of sp³-hybridized carbons (Fsp3) is 0.750. The van der Waals surface area contributed by atoms with Gasteiger partial charge in [0.15, 0.2) is 6.23 Å². The summed E-state index contributed by atoms with van der Waals surface area (Å²) in [6.45, 7) is 5.40. The van der Waals surface area contributed by atoms with Gasteiger partial charge in [0.05, 0.1) is 0 Å². The SMILES string of the molecule is C=CC([O])N1CCCCC1. The molecule has 0 bridgehead atoms. The van der Waals surface area contributed by atoms with Crippen LogP contribution in [0.4, 0.5) is 0 Å². The van der Waals surface area contributed by atoms with Crippen molar-refractivity contribution in [3.05, 3.63) is 12.7 Å². The molecule has 1 atom stereocenters. The summed E-state index contributed by atoms with van der Waals surface area (Å²) in [7, 11) is 0. The van der Waals surface area contributed by atoms with Crippen molar-refractivity contribution >= 4 is 0 Å². The third-order valence-electron chi connectivity index (χ3n) is 1.95. The van der Waals surface area contributed by atoms with Crippen LogP contribution in [-0.4, -0.2) is 24.2 Å². The first-order valence-electron chi connectivity index (χ1n) is 3.87. The lowest BCUT2D eigenvalue weighted by Gasteiger charge is -2.27. The molecule has 0 spiro atoms. The molecule has 1 aliphatic rings. The molecule has 1 aliphatic heterocycles. The number of likely N-dealkylation sites (tertiary alicyclic amines) is 1. The molecule has 2 heteroatoms. The van der Waals surface area contributed by atoms with Gasteiger partial charge in [0.25, 0.3) is 0 Å². The first-order valence-corrected chi connectivity index (χ1v) is 3.87. The Morgan fingerprint density at radius 3 is 2.40 bits per heavy atom. The highest BCUT2D eigenvalue weighted by molar-refractivity contribution is 4.80. The maximum absolute atomic E-state index is 11.1. The quantitative estimate of drug-likeness (QED) is 0.532. The predicted octanol–water partition coefficient (Wildman–Crippen LogP) is 1.41. The fourth-order valence-corrected chi connectivity index (χ4v) is 1.32. The van der Waals surface area contributed by atoms with Crippen molar-refractivity contribution in [3.63, 3.8) is 0 Å². The van der Waals surface area contributed by atoms with Gasteiger partial charge in [-0.2, -0.15) is 0 Å². The summed E-state index contributed by atoms with van der Waals surface area (Å²) in [6.07, 6.45) is 4.44.